The summed E-state index contributed by atoms with van der Waals surface area (Å²) in [5, 5.41) is 9.10. The average Bonchev–Trinajstić information content (AvgIpc) is 2.42. The van der Waals surface area contributed by atoms with Crippen molar-refractivity contribution in [3.05, 3.63) is 29.3 Å². The maximum atomic E-state index is 11.1. The van der Waals surface area contributed by atoms with E-state index in [4.69, 9.17) is 14.6 Å². The largest absolute Gasteiger partial charge is 0.496 e. The quantitative estimate of drug-likeness (QED) is 0.913. The number of rotatable bonds is 4. The highest BCUT2D eigenvalue weighted by atomic mass is 16.5. The van der Waals surface area contributed by atoms with Gasteiger partial charge in [0.2, 0.25) is 0 Å². The number of aromatic carboxylic acids is 1. The summed E-state index contributed by atoms with van der Waals surface area (Å²) in [6, 6.07) is 5.28. The summed E-state index contributed by atoms with van der Waals surface area (Å²) in [4.78, 5) is 13.4. The van der Waals surface area contributed by atoms with Gasteiger partial charge in [0.1, 0.15) is 5.75 Å². The first-order chi connectivity index (χ1) is 9.51. The third-order valence-corrected chi connectivity index (χ3v) is 3.64. The monoisotopic (exact) mass is 279 g/mol. The molecule has 0 radical (unpaired) electrons. The predicted octanol–water partition coefficient (Wildman–Crippen LogP) is 2.00. The molecule has 0 aliphatic carbocycles. The van der Waals surface area contributed by atoms with E-state index >= 15 is 0 Å². The molecule has 110 valence electrons. The molecule has 0 saturated carbocycles. The number of benzene rings is 1. The van der Waals surface area contributed by atoms with E-state index in [0.717, 1.165) is 17.9 Å². The van der Waals surface area contributed by atoms with Crippen LogP contribution in [-0.2, 0) is 11.3 Å². The number of carboxylic acids is 1. The lowest BCUT2D eigenvalue weighted by Crippen LogP contribution is -2.46. The van der Waals surface area contributed by atoms with Gasteiger partial charge in [0.05, 0.1) is 25.4 Å². The third-order valence-electron chi connectivity index (χ3n) is 3.64. The molecule has 1 fully saturated rings. The fourth-order valence-corrected chi connectivity index (χ4v) is 2.45. The van der Waals surface area contributed by atoms with Crippen LogP contribution in [-0.4, -0.2) is 48.4 Å². The summed E-state index contributed by atoms with van der Waals surface area (Å²) in [5.41, 5.74) is 1.18. The molecule has 1 aromatic rings. The molecule has 0 aromatic heterocycles. The lowest BCUT2D eigenvalue weighted by Gasteiger charge is -2.37. The van der Waals surface area contributed by atoms with Gasteiger partial charge in [-0.1, -0.05) is 0 Å². The minimum Gasteiger partial charge on any atom is -0.496 e. The lowest BCUT2D eigenvalue weighted by atomic mass is 10.1. The van der Waals surface area contributed by atoms with Crippen LogP contribution in [0, 0.1) is 0 Å². The van der Waals surface area contributed by atoms with Crippen LogP contribution >= 0.6 is 0 Å². The Hall–Kier alpha value is -1.59. The molecule has 0 amide bonds. The summed E-state index contributed by atoms with van der Waals surface area (Å²) in [5.74, 6) is -0.196. The molecule has 1 aliphatic rings. The van der Waals surface area contributed by atoms with Gasteiger partial charge in [-0.25, -0.2) is 4.79 Å². The maximum Gasteiger partial charge on any atom is 0.335 e. The summed E-state index contributed by atoms with van der Waals surface area (Å²) in [7, 11) is 1.60. The average molecular weight is 279 g/mol. The first-order valence-electron chi connectivity index (χ1n) is 6.77. The number of hydrogen-bond donors (Lipinski definition) is 1. The minimum atomic E-state index is -0.919. The standard InChI is InChI=1S/C15H21NO4/c1-10-9-20-11(2)7-16(10)8-13-6-12(15(17)18)4-5-14(13)19-3/h4-6,10-11H,7-9H2,1-3H3,(H,17,18). The molecular formula is C15H21NO4. The zero-order valence-electron chi connectivity index (χ0n) is 12.1. The van der Waals surface area contributed by atoms with Crippen molar-refractivity contribution in [2.75, 3.05) is 20.3 Å². The smallest absolute Gasteiger partial charge is 0.335 e. The predicted molar refractivity (Wildman–Crippen MR) is 75.2 cm³/mol. The van der Waals surface area contributed by atoms with E-state index in [9.17, 15) is 4.79 Å². The van der Waals surface area contributed by atoms with Crippen LogP contribution < -0.4 is 4.74 Å². The van der Waals surface area contributed by atoms with Gasteiger partial charge >= 0.3 is 5.97 Å². The molecule has 1 aromatic carbocycles. The Morgan fingerprint density at radius 3 is 2.90 bits per heavy atom. The van der Waals surface area contributed by atoms with Crippen molar-refractivity contribution in [2.24, 2.45) is 0 Å². The van der Waals surface area contributed by atoms with E-state index in [1.807, 2.05) is 6.92 Å². The first-order valence-corrected chi connectivity index (χ1v) is 6.77. The fourth-order valence-electron chi connectivity index (χ4n) is 2.45. The van der Waals surface area contributed by atoms with Crippen LogP contribution in [0.2, 0.25) is 0 Å². The minimum absolute atomic E-state index is 0.194. The fraction of sp³-hybridized carbons (Fsp3) is 0.533. The topological polar surface area (TPSA) is 59.0 Å². The second kappa shape index (κ2) is 6.24. The molecule has 5 nitrogen and oxygen atoms in total. The number of nitrogens with zero attached hydrogens (tertiary/aromatic N) is 1. The first kappa shape index (κ1) is 14.8. The Labute approximate surface area is 119 Å². The highest BCUT2D eigenvalue weighted by Gasteiger charge is 2.24. The van der Waals surface area contributed by atoms with Crippen molar-refractivity contribution in [1.82, 2.24) is 4.90 Å². The van der Waals surface area contributed by atoms with E-state index < -0.39 is 5.97 Å². The molecule has 20 heavy (non-hydrogen) atoms. The van der Waals surface area contributed by atoms with Crippen LogP contribution in [0.25, 0.3) is 0 Å². The van der Waals surface area contributed by atoms with Crippen LogP contribution in [0.3, 0.4) is 0 Å². The summed E-state index contributed by atoms with van der Waals surface area (Å²) in [6.45, 7) is 6.35. The van der Waals surface area contributed by atoms with Crippen LogP contribution in [0.15, 0.2) is 18.2 Å². The van der Waals surface area contributed by atoms with Gasteiger partial charge in [-0.3, -0.25) is 4.90 Å². The van der Waals surface area contributed by atoms with Crippen molar-refractivity contribution in [3.8, 4) is 5.75 Å². The van der Waals surface area contributed by atoms with E-state index in [2.05, 4.69) is 11.8 Å². The lowest BCUT2D eigenvalue weighted by molar-refractivity contribution is -0.0528. The highest BCUT2D eigenvalue weighted by Crippen LogP contribution is 2.24. The zero-order chi connectivity index (χ0) is 14.7. The molecule has 2 unspecified atom stereocenters. The van der Waals surface area contributed by atoms with Gasteiger partial charge in [0.15, 0.2) is 0 Å². The SMILES string of the molecule is COc1ccc(C(=O)O)cc1CN1CC(C)OCC1C. The molecule has 0 spiro atoms. The van der Waals surface area contributed by atoms with Gasteiger partial charge in [0.25, 0.3) is 0 Å². The summed E-state index contributed by atoms with van der Waals surface area (Å²) >= 11 is 0. The molecule has 5 heteroatoms. The number of ether oxygens (including phenoxy) is 2. The van der Waals surface area contributed by atoms with Gasteiger partial charge in [-0.15, -0.1) is 0 Å². The molecule has 2 atom stereocenters. The molecular weight excluding hydrogens is 258 g/mol. The Balaban J connectivity index is 2.22. The Morgan fingerprint density at radius 2 is 2.25 bits per heavy atom. The number of carboxylic acid groups (broad SMARTS) is 1. The van der Waals surface area contributed by atoms with Crippen molar-refractivity contribution in [2.45, 2.75) is 32.5 Å². The number of morpholine rings is 1. The van der Waals surface area contributed by atoms with Crippen LogP contribution in [0.5, 0.6) is 5.75 Å². The Morgan fingerprint density at radius 1 is 1.50 bits per heavy atom. The number of methoxy groups -OCH3 is 1. The molecule has 2 rings (SSSR count). The van der Waals surface area contributed by atoms with Gasteiger partial charge in [-0.05, 0) is 32.0 Å². The molecule has 0 bridgehead atoms. The van der Waals surface area contributed by atoms with Crippen molar-refractivity contribution in [3.63, 3.8) is 0 Å². The second-order valence-corrected chi connectivity index (χ2v) is 5.25. The van der Waals surface area contributed by atoms with Crippen LogP contribution in [0.4, 0.5) is 0 Å². The third kappa shape index (κ3) is 3.29. The van der Waals surface area contributed by atoms with Gasteiger partial charge < -0.3 is 14.6 Å². The van der Waals surface area contributed by atoms with E-state index in [1.165, 1.54) is 0 Å². The number of carbonyl (C=O) groups is 1. The normalized spacial score (nSPS) is 23.6. The summed E-state index contributed by atoms with van der Waals surface area (Å²) < 4.78 is 10.9. The molecule has 1 heterocycles. The zero-order valence-corrected chi connectivity index (χ0v) is 12.1. The second-order valence-electron chi connectivity index (χ2n) is 5.25. The molecule has 1 saturated heterocycles. The maximum absolute atomic E-state index is 11.1. The molecule has 1 aliphatic heterocycles. The molecule has 1 N–H and O–H groups in total. The summed E-state index contributed by atoms with van der Waals surface area (Å²) in [6.07, 6.45) is 0.194. The highest BCUT2D eigenvalue weighted by molar-refractivity contribution is 5.88. The van der Waals surface area contributed by atoms with Gasteiger partial charge in [0, 0.05) is 24.7 Å². The number of hydrogen-bond acceptors (Lipinski definition) is 4. The van der Waals surface area contributed by atoms with Crippen molar-refractivity contribution >= 4 is 5.97 Å². The van der Waals surface area contributed by atoms with E-state index in [1.54, 1.807) is 25.3 Å². The van der Waals surface area contributed by atoms with Gasteiger partial charge in [-0.2, -0.15) is 0 Å². The van der Waals surface area contributed by atoms with E-state index in [0.29, 0.717) is 19.2 Å². The van der Waals surface area contributed by atoms with E-state index in [-0.39, 0.29) is 11.7 Å². The van der Waals surface area contributed by atoms with Crippen molar-refractivity contribution in [1.29, 1.82) is 0 Å². The van der Waals surface area contributed by atoms with Crippen molar-refractivity contribution < 1.29 is 19.4 Å². The van der Waals surface area contributed by atoms with Crippen LogP contribution in [0.1, 0.15) is 29.8 Å². The Bertz CT molecular complexity index is 489. The Kier molecular flexibility index (Phi) is 4.62.